The van der Waals surface area contributed by atoms with Gasteiger partial charge in [-0.1, -0.05) is 27.2 Å². The Kier molecular flexibility index (Phi) is 6.50. The third kappa shape index (κ3) is 5.87. The molecule has 1 rings (SSSR count). The highest BCUT2D eigenvalue weighted by Crippen LogP contribution is 2.36. The molecule has 0 radical (unpaired) electrons. The standard InChI is InChI=1S/C15H31NO/c1-15(2,3)13-7-6-8-14(10-9-13)16-11-4-5-12-17/h13-14,16-17H,4-12H2,1-3H3. The maximum atomic E-state index is 8.74. The average molecular weight is 241 g/mol. The van der Waals surface area contributed by atoms with Crippen molar-refractivity contribution < 1.29 is 5.11 Å². The Hall–Kier alpha value is -0.0800. The largest absolute Gasteiger partial charge is 0.396 e. The van der Waals surface area contributed by atoms with E-state index in [-0.39, 0.29) is 0 Å². The smallest absolute Gasteiger partial charge is 0.0431 e. The molecule has 0 aliphatic heterocycles. The summed E-state index contributed by atoms with van der Waals surface area (Å²) in [4.78, 5) is 0. The van der Waals surface area contributed by atoms with E-state index in [1.165, 1.54) is 32.1 Å². The summed E-state index contributed by atoms with van der Waals surface area (Å²) in [7, 11) is 0. The molecule has 2 heteroatoms. The molecule has 17 heavy (non-hydrogen) atoms. The number of aliphatic hydroxyl groups is 1. The fraction of sp³-hybridized carbons (Fsp3) is 1.00. The predicted molar refractivity (Wildman–Crippen MR) is 74.1 cm³/mol. The molecule has 2 nitrogen and oxygen atoms in total. The first-order valence-corrected chi connectivity index (χ1v) is 7.38. The number of aliphatic hydroxyl groups excluding tert-OH is 1. The van der Waals surface area contributed by atoms with Crippen LogP contribution in [0.2, 0.25) is 0 Å². The summed E-state index contributed by atoms with van der Waals surface area (Å²) in [6, 6.07) is 0.723. The Bertz CT molecular complexity index is 198. The molecule has 0 amide bonds. The molecular weight excluding hydrogens is 210 g/mol. The highest BCUT2D eigenvalue weighted by atomic mass is 16.2. The minimum atomic E-state index is 0.332. The summed E-state index contributed by atoms with van der Waals surface area (Å²) in [6.45, 7) is 8.55. The first-order valence-electron chi connectivity index (χ1n) is 7.38. The van der Waals surface area contributed by atoms with Crippen molar-refractivity contribution in [2.45, 2.75) is 71.8 Å². The molecule has 2 unspecified atom stereocenters. The summed E-state index contributed by atoms with van der Waals surface area (Å²) in [5, 5.41) is 12.4. The van der Waals surface area contributed by atoms with Crippen LogP contribution in [0.5, 0.6) is 0 Å². The van der Waals surface area contributed by atoms with Crippen LogP contribution in [0.1, 0.15) is 65.7 Å². The molecule has 1 fully saturated rings. The van der Waals surface area contributed by atoms with Crippen molar-refractivity contribution in [2.75, 3.05) is 13.2 Å². The molecule has 0 spiro atoms. The number of nitrogens with one attached hydrogen (secondary N) is 1. The van der Waals surface area contributed by atoms with Crippen molar-refractivity contribution in [2.24, 2.45) is 11.3 Å². The van der Waals surface area contributed by atoms with Crippen LogP contribution in [0.15, 0.2) is 0 Å². The summed E-state index contributed by atoms with van der Waals surface area (Å²) in [5.41, 5.74) is 0.478. The van der Waals surface area contributed by atoms with Crippen LogP contribution in [0.3, 0.4) is 0 Å². The zero-order valence-electron chi connectivity index (χ0n) is 12.0. The Morgan fingerprint density at radius 3 is 2.47 bits per heavy atom. The van der Waals surface area contributed by atoms with E-state index in [2.05, 4.69) is 26.1 Å². The zero-order chi connectivity index (χ0) is 12.7. The fourth-order valence-corrected chi connectivity index (χ4v) is 2.91. The zero-order valence-corrected chi connectivity index (χ0v) is 12.0. The van der Waals surface area contributed by atoms with Crippen molar-refractivity contribution in [1.82, 2.24) is 5.32 Å². The van der Waals surface area contributed by atoms with Crippen LogP contribution in [0.25, 0.3) is 0 Å². The SMILES string of the molecule is CC(C)(C)C1CCCC(NCCCCO)CC1. The van der Waals surface area contributed by atoms with Crippen LogP contribution in [0, 0.1) is 11.3 Å². The monoisotopic (exact) mass is 241 g/mol. The van der Waals surface area contributed by atoms with E-state index in [1.54, 1.807) is 0 Å². The second-order valence-electron chi connectivity index (χ2n) is 6.65. The molecule has 0 aromatic rings. The summed E-state index contributed by atoms with van der Waals surface area (Å²) in [5.74, 6) is 0.895. The number of hydrogen-bond donors (Lipinski definition) is 2. The summed E-state index contributed by atoms with van der Waals surface area (Å²) >= 11 is 0. The molecule has 1 aliphatic rings. The lowest BCUT2D eigenvalue weighted by Crippen LogP contribution is -2.29. The molecule has 0 saturated heterocycles. The van der Waals surface area contributed by atoms with Gasteiger partial charge in [0.25, 0.3) is 0 Å². The van der Waals surface area contributed by atoms with E-state index < -0.39 is 0 Å². The number of rotatable bonds is 5. The minimum absolute atomic E-state index is 0.332. The van der Waals surface area contributed by atoms with Crippen molar-refractivity contribution >= 4 is 0 Å². The fourth-order valence-electron chi connectivity index (χ4n) is 2.91. The Balaban J connectivity index is 2.23. The van der Waals surface area contributed by atoms with E-state index >= 15 is 0 Å². The topological polar surface area (TPSA) is 32.3 Å². The van der Waals surface area contributed by atoms with Crippen molar-refractivity contribution in [1.29, 1.82) is 0 Å². The third-order valence-corrected chi connectivity index (χ3v) is 4.21. The van der Waals surface area contributed by atoms with E-state index in [4.69, 9.17) is 5.11 Å². The van der Waals surface area contributed by atoms with Gasteiger partial charge in [-0.05, 0) is 56.4 Å². The lowest BCUT2D eigenvalue weighted by molar-refractivity contribution is 0.213. The van der Waals surface area contributed by atoms with Crippen LogP contribution in [-0.2, 0) is 0 Å². The van der Waals surface area contributed by atoms with Crippen molar-refractivity contribution in [3.05, 3.63) is 0 Å². The Morgan fingerprint density at radius 1 is 1.06 bits per heavy atom. The molecule has 0 bridgehead atoms. The molecule has 0 aromatic carbocycles. The van der Waals surface area contributed by atoms with Crippen molar-refractivity contribution in [3.8, 4) is 0 Å². The van der Waals surface area contributed by atoms with Gasteiger partial charge in [-0.25, -0.2) is 0 Å². The van der Waals surface area contributed by atoms with Gasteiger partial charge in [0.2, 0.25) is 0 Å². The van der Waals surface area contributed by atoms with Gasteiger partial charge in [0, 0.05) is 12.6 Å². The van der Waals surface area contributed by atoms with Crippen molar-refractivity contribution in [3.63, 3.8) is 0 Å². The predicted octanol–water partition coefficient (Wildman–Crippen LogP) is 3.34. The van der Waals surface area contributed by atoms with Gasteiger partial charge >= 0.3 is 0 Å². The van der Waals surface area contributed by atoms with Gasteiger partial charge in [0.1, 0.15) is 0 Å². The van der Waals surface area contributed by atoms with Gasteiger partial charge in [-0.15, -0.1) is 0 Å². The maximum Gasteiger partial charge on any atom is 0.0431 e. The third-order valence-electron chi connectivity index (χ3n) is 4.21. The van der Waals surface area contributed by atoms with Gasteiger partial charge in [-0.3, -0.25) is 0 Å². The van der Waals surface area contributed by atoms with E-state index in [9.17, 15) is 0 Å². The molecule has 1 saturated carbocycles. The molecule has 2 atom stereocenters. The second-order valence-corrected chi connectivity index (χ2v) is 6.65. The van der Waals surface area contributed by atoms with E-state index in [1.807, 2.05) is 0 Å². The minimum Gasteiger partial charge on any atom is -0.396 e. The van der Waals surface area contributed by atoms with E-state index in [0.29, 0.717) is 12.0 Å². The maximum absolute atomic E-state index is 8.74. The van der Waals surface area contributed by atoms with Gasteiger partial charge < -0.3 is 10.4 Å². The van der Waals surface area contributed by atoms with Gasteiger partial charge in [0.05, 0.1) is 0 Å². The van der Waals surface area contributed by atoms with Crippen LogP contribution < -0.4 is 5.32 Å². The molecular formula is C15H31NO. The van der Waals surface area contributed by atoms with Gasteiger partial charge in [0.15, 0.2) is 0 Å². The van der Waals surface area contributed by atoms with Crippen LogP contribution >= 0.6 is 0 Å². The Labute approximate surface area is 107 Å². The Morgan fingerprint density at radius 2 is 1.82 bits per heavy atom. The average Bonchev–Trinajstić information content (AvgIpc) is 2.49. The number of unbranched alkanes of at least 4 members (excludes halogenated alkanes) is 1. The quantitative estimate of drug-likeness (QED) is 0.571. The highest BCUT2D eigenvalue weighted by molar-refractivity contribution is 4.81. The summed E-state index contributed by atoms with van der Waals surface area (Å²) in [6.07, 6.45) is 8.87. The lowest BCUT2D eigenvalue weighted by Gasteiger charge is -2.29. The van der Waals surface area contributed by atoms with Crippen LogP contribution in [-0.4, -0.2) is 24.3 Å². The first kappa shape index (κ1) is 15.0. The first-order chi connectivity index (χ1) is 8.04. The molecule has 0 aromatic heterocycles. The number of hydrogen-bond acceptors (Lipinski definition) is 2. The van der Waals surface area contributed by atoms with Crippen LogP contribution in [0.4, 0.5) is 0 Å². The normalized spacial score (nSPS) is 26.8. The van der Waals surface area contributed by atoms with Gasteiger partial charge in [-0.2, -0.15) is 0 Å². The molecule has 2 N–H and O–H groups in total. The van der Waals surface area contributed by atoms with E-state index in [0.717, 1.165) is 31.3 Å². The molecule has 0 heterocycles. The second kappa shape index (κ2) is 7.38. The molecule has 1 aliphatic carbocycles. The molecule has 102 valence electrons. The summed E-state index contributed by atoms with van der Waals surface area (Å²) < 4.78 is 0. The highest BCUT2D eigenvalue weighted by Gasteiger charge is 2.27. The lowest BCUT2D eigenvalue weighted by atomic mass is 9.76.